The summed E-state index contributed by atoms with van der Waals surface area (Å²) in [5.74, 6) is 6.69. The predicted octanol–water partition coefficient (Wildman–Crippen LogP) is 4.28. The number of hydrogen-bond acceptors (Lipinski definition) is 3. The van der Waals surface area contributed by atoms with E-state index in [9.17, 15) is 0 Å². The Labute approximate surface area is 122 Å². The van der Waals surface area contributed by atoms with Gasteiger partial charge in [-0.1, -0.05) is 56.7 Å². The second-order valence-electron chi connectivity index (χ2n) is 5.19. The van der Waals surface area contributed by atoms with E-state index in [4.69, 9.17) is 5.84 Å². The first kappa shape index (κ1) is 16.5. The molecule has 1 rings (SSSR count). The molecule has 0 bridgehead atoms. The van der Waals surface area contributed by atoms with Gasteiger partial charge in [0, 0.05) is 16.7 Å². The van der Waals surface area contributed by atoms with Crippen LogP contribution < -0.4 is 11.3 Å². The van der Waals surface area contributed by atoms with E-state index in [1.54, 1.807) is 0 Å². The fraction of sp³-hybridized carbons (Fsp3) is 0.625. The van der Waals surface area contributed by atoms with Crippen LogP contribution in [0.5, 0.6) is 0 Å². The van der Waals surface area contributed by atoms with Crippen molar-refractivity contribution in [3.63, 3.8) is 0 Å². The van der Waals surface area contributed by atoms with E-state index in [2.05, 4.69) is 43.5 Å². The molecule has 1 atom stereocenters. The number of thioether (sulfide) groups is 1. The molecule has 0 aromatic heterocycles. The van der Waals surface area contributed by atoms with Crippen molar-refractivity contribution in [3.05, 3.63) is 29.8 Å². The Bertz CT molecular complexity index is 341. The van der Waals surface area contributed by atoms with Gasteiger partial charge in [-0.05, 0) is 25.5 Å². The highest BCUT2D eigenvalue weighted by molar-refractivity contribution is 7.99. The second-order valence-corrected chi connectivity index (χ2v) is 6.29. The summed E-state index contributed by atoms with van der Waals surface area (Å²) >= 11 is 1.89. The molecule has 0 amide bonds. The third-order valence-corrected chi connectivity index (χ3v) is 4.49. The molecule has 0 heterocycles. The second kappa shape index (κ2) is 10.3. The fourth-order valence-electron chi connectivity index (χ4n) is 2.11. The zero-order valence-corrected chi connectivity index (χ0v) is 13.1. The molecule has 0 aliphatic heterocycles. The summed E-state index contributed by atoms with van der Waals surface area (Å²) in [7, 11) is 0. The molecule has 0 spiro atoms. The number of benzene rings is 1. The molecule has 0 aliphatic rings. The molecule has 0 radical (unpaired) electrons. The van der Waals surface area contributed by atoms with E-state index in [-0.39, 0.29) is 0 Å². The van der Waals surface area contributed by atoms with Gasteiger partial charge in [0.25, 0.3) is 0 Å². The maximum absolute atomic E-state index is 5.64. The first-order chi connectivity index (χ1) is 9.26. The van der Waals surface area contributed by atoms with Crippen molar-refractivity contribution in [2.75, 3.05) is 5.75 Å². The van der Waals surface area contributed by atoms with Gasteiger partial charge in [0.2, 0.25) is 0 Å². The van der Waals surface area contributed by atoms with Crippen molar-refractivity contribution in [2.45, 2.75) is 63.3 Å². The molecule has 19 heavy (non-hydrogen) atoms. The van der Waals surface area contributed by atoms with Crippen LogP contribution in [0.2, 0.25) is 0 Å². The Morgan fingerprint density at radius 3 is 2.68 bits per heavy atom. The van der Waals surface area contributed by atoms with Crippen molar-refractivity contribution in [2.24, 2.45) is 5.84 Å². The number of aryl methyl sites for hydroxylation is 1. The zero-order valence-electron chi connectivity index (χ0n) is 12.3. The summed E-state index contributed by atoms with van der Waals surface area (Å²) in [5, 5.41) is 0. The normalized spacial score (nSPS) is 12.6. The summed E-state index contributed by atoms with van der Waals surface area (Å²) in [6, 6.07) is 9.09. The van der Waals surface area contributed by atoms with Gasteiger partial charge in [0.1, 0.15) is 0 Å². The highest BCUT2D eigenvalue weighted by Crippen LogP contribution is 2.21. The summed E-state index contributed by atoms with van der Waals surface area (Å²) in [6.45, 7) is 4.39. The lowest BCUT2D eigenvalue weighted by molar-refractivity contribution is 0.497. The standard InChI is InChI=1S/C16H28N2S/c1-3-4-5-6-7-10-15(18-17)13-19-16-11-8-9-14(2)12-16/h8-9,11-12,15,18H,3-7,10,13,17H2,1-2H3. The molecule has 1 unspecified atom stereocenters. The average Bonchev–Trinajstić information content (AvgIpc) is 2.42. The minimum absolute atomic E-state index is 0.423. The van der Waals surface area contributed by atoms with E-state index in [1.165, 1.54) is 49.0 Å². The van der Waals surface area contributed by atoms with E-state index in [0.717, 1.165) is 5.75 Å². The van der Waals surface area contributed by atoms with Gasteiger partial charge >= 0.3 is 0 Å². The van der Waals surface area contributed by atoms with Crippen LogP contribution in [-0.4, -0.2) is 11.8 Å². The van der Waals surface area contributed by atoms with Gasteiger partial charge in [-0.15, -0.1) is 11.8 Å². The van der Waals surface area contributed by atoms with Gasteiger partial charge < -0.3 is 0 Å². The molecule has 1 aromatic rings. The largest absolute Gasteiger partial charge is 0.271 e. The molecular weight excluding hydrogens is 252 g/mol. The number of hydrogen-bond donors (Lipinski definition) is 2. The van der Waals surface area contributed by atoms with Crippen LogP contribution in [-0.2, 0) is 0 Å². The first-order valence-corrected chi connectivity index (χ1v) is 8.40. The monoisotopic (exact) mass is 280 g/mol. The van der Waals surface area contributed by atoms with E-state index < -0.39 is 0 Å². The van der Waals surface area contributed by atoms with Crippen molar-refractivity contribution >= 4 is 11.8 Å². The third-order valence-electron chi connectivity index (χ3n) is 3.33. The van der Waals surface area contributed by atoms with E-state index in [0.29, 0.717) is 6.04 Å². The summed E-state index contributed by atoms with van der Waals surface area (Å²) < 4.78 is 0. The number of hydrazine groups is 1. The molecule has 0 aliphatic carbocycles. The highest BCUT2D eigenvalue weighted by Gasteiger charge is 2.07. The van der Waals surface area contributed by atoms with Crippen molar-refractivity contribution in [3.8, 4) is 0 Å². The van der Waals surface area contributed by atoms with E-state index in [1.807, 2.05) is 11.8 Å². The molecular formula is C16H28N2S. The van der Waals surface area contributed by atoms with Crippen LogP contribution in [0, 0.1) is 6.92 Å². The SMILES string of the molecule is CCCCCCCC(CSc1cccc(C)c1)NN. The Kier molecular flexibility index (Phi) is 8.97. The van der Waals surface area contributed by atoms with Gasteiger partial charge in [-0.3, -0.25) is 11.3 Å². The molecule has 3 N–H and O–H groups in total. The summed E-state index contributed by atoms with van der Waals surface area (Å²) in [4.78, 5) is 1.34. The first-order valence-electron chi connectivity index (χ1n) is 7.42. The Balaban J connectivity index is 2.21. The maximum Gasteiger partial charge on any atom is 0.0304 e. The average molecular weight is 280 g/mol. The summed E-state index contributed by atoms with van der Waals surface area (Å²) in [5.41, 5.74) is 4.28. The molecule has 2 nitrogen and oxygen atoms in total. The lowest BCUT2D eigenvalue weighted by Gasteiger charge is -2.15. The number of unbranched alkanes of at least 4 members (excludes halogenated alkanes) is 4. The Morgan fingerprint density at radius 1 is 1.21 bits per heavy atom. The van der Waals surface area contributed by atoms with E-state index >= 15 is 0 Å². The van der Waals surface area contributed by atoms with Crippen LogP contribution in [0.1, 0.15) is 51.0 Å². The molecule has 3 heteroatoms. The van der Waals surface area contributed by atoms with Crippen LogP contribution in [0.15, 0.2) is 29.2 Å². The van der Waals surface area contributed by atoms with Crippen LogP contribution in [0.4, 0.5) is 0 Å². The maximum atomic E-state index is 5.64. The lowest BCUT2D eigenvalue weighted by Crippen LogP contribution is -2.36. The molecule has 0 saturated heterocycles. The van der Waals surface area contributed by atoms with Gasteiger partial charge in [-0.2, -0.15) is 0 Å². The molecule has 0 fully saturated rings. The topological polar surface area (TPSA) is 38.0 Å². The van der Waals surface area contributed by atoms with Crippen LogP contribution in [0.3, 0.4) is 0 Å². The quantitative estimate of drug-likeness (QED) is 0.291. The van der Waals surface area contributed by atoms with Crippen LogP contribution in [0.25, 0.3) is 0 Å². The lowest BCUT2D eigenvalue weighted by atomic mass is 10.1. The fourth-order valence-corrected chi connectivity index (χ4v) is 3.21. The zero-order chi connectivity index (χ0) is 13.9. The number of nitrogens with two attached hydrogens (primary N) is 1. The van der Waals surface area contributed by atoms with Gasteiger partial charge in [0.05, 0.1) is 0 Å². The predicted molar refractivity (Wildman–Crippen MR) is 86.4 cm³/mol. The van der Waals surface area contributed by atoms with Gasteiger partial charge in [-0.25, -0.2) is 0 Å². The molecule has 0 saturated carbocycles. The summed E-state index contributed by atoms with van der Waals surface area (Å²) in [6.07, 6.45) is 7.82. The molecule has 1 aromatic carbocycles. The number of rotatable bonds is 10. The number of nitrogens with one attached hydrogen (secondary N) is 1. The van der Waals surface area contributed by atoms with Crippen molar-refractivity contribution < 1.29 is 0 Å². The highest BCUT2D eigenvalue weighted by atomic mass is 32.2. The smallest absolute Gasteiger partial charge is 0.0304 e. The van der Waals surface area contributed by atoms with Crippen molar-refractivity contribution in [1.29, 1.82) is 0 Å². The molecule has 108 valence electrons. The minimum atomic E-state index is 0.423. The minimum Gasteiger partial charge on any atom is -0.271 e. The van der Waals surface area contributed by atoms with Crippen LogP contribution >= 0.6 is 11.8 Å². The van der Waals surface area contributed by atoms with Gasteiger partial charge in [0.15, 0.2) is 0 Å². The Morgan fingerprint density at radius 2 is 2.00 bits per heavy atom. The van der Waals surface area contributed by atoms with Crippen molar-refractivity contribution in [1.82, 2.24) is 5.43 Å². The third kappa shape index (κ3) is 7.61. The Hall–Kier alpha value is -0.510.